The molecule has 1 aliphatic rings. The number of rotatable bonds is 8. The van der Waals surface area contributed by atoms with Crippen molar-refractivity contribution in [3.63, 3.8) is 0 Å². The lowest BCUT2D eigenvalue weighted by Crippen LogP contribution is -2.29. The minimum Gasteiger partial charge on any atom is -0.490 e. The first-order chi connectivity index (χ1) is 18.2. The van der Waals surface area contributed by atoms with E-state index in [1.165, 1.54) is 11.8 Å². The first-order valence-corrected chi connectivity index (χ1v) is 14.0. The van der Waals surface area contributed by atoms with Crippen LogP contribution in [-0.4, -0.2) is 24.3 Å². The molecular weight excluding hydrogens is 560 g/mol. The summed E-state index contributed by atoms with van der Waals surface area (Å²) in [6.07, 6.45) is 3.56. The summed E-state index contributed by atoms with van der Waals surface area (Å²) in [5.74, 6) is 1.09. The molecule has 196 valence electrons. The smallest absolute Gasteiger partial charge is 0.271 e. The Morgan fingerprint density at radius 2 is 1.71 bits per heavy atom. The van der Waals surface area contributed by atoms with Gasteiger partial charge >= 0.3 is 0 Å². The molecule has 7 heteroatoms. The van der Waals surface area contributed by atoms with Crippen LogP contribution in [-0.2, 0) is 4.79 Å². The third-order valence-electron chi connectivity index (χ3n) is 5.97. The maximum atomic E-state index is 13.9. The van der Waals surface area contributed by atoms with Crippen LogP contribution in [0.4, 0.5) is 11.4 Å². The van der Waals surface area contributed by atoms with Gasteiger partial charge in [-0.1, -0.05) is 36.9 Å². The van der Waals surface area contributed by atoms with Gasteiger partial charge in [0.05, 0.1) is 27.4 Å². The van der Waals surface area contributed by atoms with E-state index in [9.17, 15) is 4.79 Å². The van der Waals surface area contributed by atoms with Crippen molar-refractivity contribution in [3.05, 3.63) is 98.4 Å². The normalized spacial score (nSPS) is 15.4. The summed E-state index contributed by atoms with van der Waals surface area (Å²) in [7, 11) is 0. The Morgan fingerprint density at radius 1 is 1.00 bits per heavy atom. The number of benzene rings is 3. The van der Waals surface area contributed by atoms with Crippen molar-refractivity contribution in [1.29, 1.82) is 0 Å². The van der Waals surface area contributed by atoms with Crippen LogP contribution >= 0.6 is 27.7 Å². The molecule has 0 atom stereocenters. The van der Waals surface area contributed by atoms with Gasteiger partial charge in [-0.2, -0.15) is 0 Å². The second-order valence-corrected chi connectivity index (χ2v) is 11.0. The van der Waals surface area contributed by atoms with Gasteiger partial charge in [0, 0.05) is 0 Å². The molecule has 38 heavy (non-hydrogen) atoms. The molecule has 4 rings (SSSR count). The summed E-state index contributed by atoms with van der Waals surface area (Å²) in [5.41, 5.74) is 6.74. The summed E-state index contributed by atoms with van der Waals surface area (Å²) >= 11 is 4.98. The molecule has 3 aromatic carbocycles. The third kappa shape index (κ3) is 6.05. The maximum absolute atomic E-state index is 13.9. The van der Waals surface area contributed by atoms with Gasteiger partial charge in [0.2, 0.25) is 0 Å². The number of thioether (sulfide) groups is 1. The number of aryl methyl sites for hydroxylation is 4. The zero-order valence-electron chi connectivity index (χ0n) is 22.3. The van der Waals surface area contributed by atoms with Crippen LogP contribution in [0.15, 0.2) is 75.6 Å². The van der Waals surface area contributed by atoms with Crippen LogP contribution < -0.4 is 14.4 Å². The largest absolute Gasteiger partial charge is 0.490 e. The maximum Gasteiger partial charge on any atom is 0.271 e. The molecule has 1 saturated heterocycles. The molecule has 1 heterocycles. The average molecular weight is 592 g/mol. The summed E-state index contributed by atoms with van der Waals surface area (Å²) < 4.78 is 12.4. The highest BCUT2D eigenvalue weighted by Gasteiger charge is 2.36. The summed E-state index contributed by atoms with van der Waals surface area (Å²) in [5, 5.41) is 0.624. The SMILES string of the molecule is C=CCOc1c(Br)cc(C=C2SC(=Nc3cc(C)ccc3C)N(c3cc(C)ccc3C)C2=O)cc1OCC. The quantitative estimate of drug-likeness (QED) is 0.195. The number of carbonyl (C=O) groups is 1. The Bertz CT molecular complexity index is 1460. The first kappa shape index (κ1) is 27.7. The minimum atomic E-state index is -0.117. The fourth-order valence-electron chi connectivity index (χ4n) is 4.03. The minimum absolute atomic E-state index is 0.117. The zero-order chi connectivity index (χ0) is 27.4. The van der Waals surface area contributed by atoms with Crippen molar-refractivity contribution in [2.45, 2.75) is 34.6 Å². The van der Waals surface area contributed by atoms with Crippen LogP contribution in [0.2, 0.25) is 0 Å². The van der Waals surface area contributed by atoms with Gasteiger partial charge in [-0.05, 0) is 120 Å². The average Bonchev–Trinajstić information content (AvgIpc) is 3.16. The third-order valence-corrected chi connectivity index (χ3v) is 7.53. The summed E-state index contributed by atoms with van der Waals surface area (Å²) in [4.78, 5) is 21.2. The number of hydrogen-bond donors (Lipinski definition) is 0. The van der Waals surface area contributed by atoms with Crippen molar-refractivity contribution >= 4 is 56.2 Å². The van der Waals surface area contributed by atoms with E-state index in [-0.39, 0.29) is 5.91 Å². The Kier molecular flexibility index (Phi) is 8.80. The molecule has 0 radical (unpaired) electrons. The van der Waals surface area contributed by atoms with E-state index in [2.05, 4.69) is 34.6 Å². The molecule has 0 N–H and O–H groups in total. The number of aliphatic imine (C=N–C) groups is 1. The highest BCUT2D eigenvalue weighted by atomic mass is 79.9. The van der Waals surface area contributed by atoms with Crippen LogP contribution in [0.5, 0.6) is 11.5 Å². The van der Waals surface area contributed by atoms with Gasteiger partial charge in [-0.3, -0.25) is 9.69 Å². The molecule has 0 aromatic heterocycles. The molecule has 1 amide bonds. The van der Waals surface area contributed by atoms with Crippen LogP contribution in [0, 0.1) is 27.7 Å². The number of halogens is 1. The number of hydrogen-bond acceptors (Lipinski definition) is 5. The lowest BCUT2D eigenvalue weighted by atomic mass is 10.1. The molecule has 0 bridgehead atoms. The van der Waals surface area contributed by atoms with Crippen molar-refractivity contribution in [2.75, 3.05) is 18.1 Å². The van der Waals surface area contributed by atoms with Gasteiger partial charge in [0.1, 0.15) is 6.61 Å². The van der Waals surface area contributed by atoms with Crippen molar-refractivity contribution < 1.29 is 14.3 Å². The monoisotopic (exact) mass is 590 g/mol. The number of amidine groups is 1. The van der Waals surface area contributed by atoms with Crippen LogP contribution in [0.1, 0.15) is 34.7 Å². The molecule has 5 nitrogen and oxygen atoms in total. The molecule has 3 aromatic rings. The number of amides is 1. The fourth-order valence-corrected chi connectivity index (χ4v) is 5.59. The van der Waals surface area contributed by atoms with Gasteiger partial charge in [-0.25, -0.2) is 4.99 Å². The van der Waals surface area contributed by atoms with Gasteiger partial charge in [0.15, 0.2) is 16.7 Å². The second kappa shape index (κ2) is 12.0. The molecule has 1 aliphatic heterocycles. The topological polar surface area (TPSA) is 51.1 Å². The lowest BCUT2D eigenvalue weighted by Gasteiger charge is -2.19. The Balaban J connectivity index is 1.83. The summed E-state index contributed by atoms with van der Waals surface area (Å²) in [6, 6.07) is 16.1. The molecule has 1 fully saturated rings. The molecule has 0 unspecified atom stereocenters. The highest BCUT2D eigenvalue weighted by molar-refractivity contribution is 9.10. The second-order valence-electron chi connectivity index (χ2n) is 9.09. The Hall–Kier alpha value is -3.29. The van der Waals surface area contributed by atoms with E-state index < -0.39 is 0 Å². The van der Waals surface area contributed by atoms with Crippen molar-refractivity contribution in [1.82, 2.24) is 0 Å². The molecular formula is C31H31BrN2O3S. The van der Waals surface area contributed by atoms with Gasteiger partial charge in [-0.15, -0.1) is 0 Å². The zero-order valence-corrected chi connectivity index (χ0v) is 24.7. The first-order valence-electron chi connectivity index (χ1n) is 12.4. The molecule has 0 spiro atoms. The number of anilines is 1. The highest BCUT2D eigenvalue weighted by Crippen LogP contribution is 2.42. The van der Waals surface area contributed by atoms with E-state index in [1.54, 1.807) is 11.0 Å². The van der Waals surface area contributed by atoms with Gasteiger partial charge in [0.25, 0.3) is 5.91 Å². The van der Waals surface area contributed by atoms with Crippen molar-refractivity contribution in [3.8, 4) is 11.5 Å². The van der Waals surface area contributed by atoms with E-state index in [0.717, 1.165) is 43.7 Å². The van der Waals surface area contributed by atoms with E-state index in [0.29, 0.717) is 34.8 Å². The Labute approximate surface area is 237 Å². The number of carbonyl (C=O) groups excluding carboxylic acids is 1. The fraction of sp³-hybridized carbons (Fsp3) is 0.226. The van der Waals surface area contributed by atoms with E-state index in [1.807, 2.05) is 77.1 Å². The molecule has 0 aliphatic carbocycles. The predicted molar refractivity (Wildman–Crippen MR) is 163 cm³/mol. The predicted octanol–water partition coefficient (Wildman–Crippen LogP) is 8.45. The van der Waals surface area contributed by atoms with Gasteiger partial charge < -0.3 is 9.47 Å². The van der Waals surface area contributed by atoms with E-state index >= 15 is 0 Å². The standard InChI is InChI=1S/C31H31BrN2O3S/c1-7-13-37-29-24(32)16-23(17-27(29)36-8-2)18-28-30(35)34(26-15-20(4)10-12-22(26)6)31(38-28)33-25-14-19(3)9-11-21(25)5/h7,9-12,14-18H,1,8,13H2,2-6H3. The van der Waals surface area contributed by atoms with Crippen LogP contribution in [0.3, 0.4) is 0 Å². The number of ether oxygens (including phenoxy) is 2. The van der Waals surface area contributed by atoms with Crippen molar-refractivity contribution in [2.24, 2.45) is 4.99 Å². The summed E-state index contributed by atoms with van der Waals surface area (Å²) in [6.45, 7) is 14.6. The number of nitrogens with zero attached hydrogens (tertiary/aromatic N) is 2. The van der Waals surface area contributed by atoms with E-state index in [4.69, 9.17) is 14.5 Å². The molecule has 0 saturated carbocycles. The van der Waals surface area contributed by atoms with Crippen LogP contribution in [0.25, 0.3) is 6.08 Å². The Morgan fingerprint density at radius 3 is 2.42 bits per heavy atom. The lowest BCUT2D eigenvalue weighted by molar-refractivity contribution is -0.113.